The molecule has 4 heteroatoms. The number of benzene rings is 1. The second kappa shape index (κ2) is 6.18. The number of halogens is 2. The van der Waals surface area contributed by atoms with Crippen molar-refractivity contribution in [2.75, 3.05) is 13.1 Å². The summed E-state index contributed by atoms with van der Waals surface area (Å²) in [7, 11) is 0. The molecule has 0 amide bonds. The van der Waals surface area contributed by atoms with Crippen LogP contribution in [-0.2, 0) is 11.3 Å². The van der Waals surface area contributed by atoms with E-state index in [0.29, 0.717) is 5.78 Å². The Labute approximate surface area is 121 Å². The van der Waals surface area contributed by atoms with E-state index in [1.54, 1.807) is 6.92 Å². The molecule has 1 aromatic carbocycles. The van der Waals surface area contributed by atoms with E-state index in [0.717, 1.165) is 47.5 Å². The molecule has 1 aliphatic heterocycles. The second-order valence-corrected chi connectivity index (χ2v) is 6.24. The second-order valence-electron chi connectivity index (χ2n) is 4.92. The van der Waals surface area contributed by atoms with Gasteiger partial charge in [-0.05, 0) is 44.0 Å². The topological polar surface area (TPSA) is 20.3 Å². The Morgan fingerprint density at radius 2 is 2.33 bits per heavy atom. The van der Waals surface area contributed by atoms with Gasteiger partial charge in [-0.15, -0.1) is 0 Å². The van der Waals surface area contributed by atoms with Crippen molar-refractivity contribution in [2.24, 2.45) is 5.92 Å². The highest BCUT2D eigenvalue weighted by atomic mass is 79.9. The van der Waals surface area contributed by atoms with Gasteiger partial charge in [-0.25, -0.2) is 0 Å². The summed E-state index contributed by atoms with van der Waals surface area (Å²) in [6.07, 6.45) is 2.12. The minimum Gasteiger partial charge on any atom is -0.300 e. The third kappa shape index (κ3) is 3.56. The first-order valence-corrected chi connectivity index (χ1v) is 7.40. The predicted molar refractivity (Wildman–Crippen MR) is 77.8 cm³/mol. The standard InChI is InChI=1S/C14H17BrClNO/c1-10(18)11-3-2-6-17(8-11)9-12-4-5-13(15)7-14(12)16/h4-5,7,11H,2-3,6,8-9H2,1H3. The number of piperidine rings is 1. The van der Waals surface area contributed by atoms with E-state index in [1.165, 1.54) is 0 Å². The third-order valence-electron chi connectivity index (χ3n) is 3.49. The quantitative estimate of drug-likeness (QED) is 0.837. The molecule has 0 aliphatic carbocycles. The van der Waals surface area contributed by atoms with E-state index >= 15 is 0 Å². The molecule has 18 heavy (non-hydrogen) atoms. The predicted octanol–water partition coefficient (Wildman–Crippen LogP) is 3.90. The Bertz CT molecular complexity index is 449. The maximum absolute atomic E-state index is 11.4. The summed E-state index contributed by atoms with van der Waals surface area (Å²) in [6.45, 7) is 4.44. The average Bonchev–Trinajstić information content (AvgIpc) is 2.33. The fourth-order valence-electron chi connectivity index (χ4n) is 2.42. The third-order valence-corrected chi connectivity index (χ3v) is 4.33. The number of rotatable bonds is 3. The van der Waals surface area contributed by atoms with Gasteiger partial charge in [0, 0.05) is 28.5 Å². The van der Waals surface area contributed by atoms with Gasteiger partial charge in [-0.3, -0.25) is 9.69 Å². The van der Waals surface area contributed by atoms with Crippen molar-refractivity contribution in [1.82, 2.24) is 4.90 Å². The minimum absolute atomic E-state index is 0.202. The largest absolute Gasteiger partial charge is 0.300 e. The molecular formula is C14H17BrClNO. The van der Waals surface area contributed by atoms with E-state index < -0.39 is 0 Å². The van der Waals surface area contributed by atoms with Crippen LogP contribution >= 0.6 is 27.5 Å². The highest BCUT2D eigenvalue weighted by Gasteiger charge is 2.23. The molecule has 0 aromatic heterocycles. The summed E-state index contributed by atoms with van der Waals surface area (Å²) < 4.78 is 0.997. The van der Waals surface area contributed by atoms with Crippen LogP contribution in [0, 0.1) is 5.92 Å². The molecule has 1 fully saturated rings. The molecule has 0 radical (unpaired) electrons. The summed E-state index contributed by atoms with van der Waals surface area (Å²) in [5.74, 6) is 0.509. The first-order valence-electron chi connectivity index (χ1n) is 6.23. The summed E-state index contributed by atoms with van der Waals surface area (Å²) in [5.41, 5.74) is 1.13. The van der Waals surface area contributed by atoms with Crippen LogP contribution < -0.4 is 0 Å². The molecule has 98 valence electrons. The molecular weight excluding hydrogens is 314 g/mol. The lowest BCUT2D eigenvalue weighted by Crippen LogP contribution is -2.37. The molecule has 1 atom stereocenters. The van der Waals surface area contributed by atoms with Crippen molar-refractivity contribution in [2.45, 2.75) is 26.3 Å². The maximum Gasteiger partial charge on any atom is 0.134 e. The molecule has 1 heterocycles. The Hall–Kier alpha value is -0.380. The number of likely N-dealkylation sites (tertiary alicyclic amines) is 1. The van der Waals surface area contributed by atoms with E-state index in [2.05, 4.69) is 20.8 Å². The van der Waals surface area contributed by atoms with Crippen LogP contribution in [0.25, 0.3) is 0 Å². The van der Waals surface area contributed by atoms with Gasteiger partial charge >= 0.3 is 0 Å². The fourth-order valence-corrected chi connectivity index (χ4v) is 3.15. The molecule has 1 aliphatic rings. The number of nitrogens with zero attached hydrogens (tertiary/aromatic N) is 1. The molecule has 2 nitrogen and oxygen atoms in total. The Morgan fingerprint density at radius 3 is 3.00 bits per heavy atom. The van der Waals surface area contributed by atoms with E-state index in [1.807, 2.05) is 18.2 Å². The van der Waals surface area contributed by atoms with Crippen molar-refractivity contribution in [1.29, 1.82) is 0 Å². The zero-order valence-corrected chi connectivity index (χ0v) is 12.8. The van der Waals surface area contributed by atoms with E-state index in [9.17, 15) is 4.79 Å². The van der Waals surface area contributed by atoms with Gasteiger partial charge in [0.1, 0.15) is 5.78 Å². The van der Waals surface area contributed by atoms with Crippen LogP contribution in [0.4, 0.5) is 0 Å². The van der Waals surface area contributed by atoms with Crippen LogP contribution in [0.2, 0.25) is 5.02 Å². The van der Waals surface area contributed by atoms with Crippen molar-refractivity contribution >= 4 is 33.3 Å². The Kier molecular flexibility index (Phi) is 4.82. The highest BCUT2D eigenvalue weighted by molar-refractivity contribution is 9.10. The van der Waals surface area contributed by atoms with Crippen molar-refractivity contribution < 1.29 is 4.79 Å². The number of hydrogen-bond donors (Lipinski definition) is 0. The lowest BCUT2D eigenvalue weighted by molar-refractivity contribution is -0.122. The number of carbonyl (C=O) groups excluding carboxylic acids is 1. The molecule has 2 rings (SSSR count). The summed E-state index contributed by atoms with van der Waals surface area (Å²) in [6, 6.07) is 5.97. The molecule has 1 saturated heterocycles. The highest BCUT2D eigenvalue weighted by Crippen LogP contribution is 2.25. The number of carbonyl (C=O) groups is 1. The van der Waals surface area contributed by atoms with Gasteiger partial charge in [0.2, 0.25) is 0 Å². The smallest absolute Gasteiger partial charge is 0.134 e. The average molecular weight is 331 g/mol. The van der Waals surface area contributed by atoms with Crippen LogP contribution in [0.15, 0.2) is 22.7 Å². The van der Waals surface area contributed by atoms with Gasteiger partial charge in [0.05, 0.1) is 0 Å². The molecule has 1 aromatic rings. The van der Waals surface area contributed by atoms with Crippen molar-refractivity contribution in [3.8, 4) is 0 Å². The Balaban J connectivity index is 2.02. The van der Waals surface area contributed by atoms with Gasteiger partial charge < -0.3 is 0 Å². The van der Waals surface area contributed by atoms with Crippen LogP contribution in [0.5, 0.6) is 0 Å². The van der Waals surface area contributed by atoms with E-state index in [-0.39, 0.29) is 5.92 Å². The van der Waals surface area contributed by atoms with Gasteiger partial charge in [-0.2, -0.15) is 0 Å². The first kappa shape index (κ1) is 14.0. The molecule has 0 spiro atoms. The number of hydrogen-bond acceptors (Lipinski definition) is 2. The Morgan fingerprint density at radius 1 is 1.56 bits per heavy atom. The monoisotopic (exact) mass is 329 g/mol. The van der Waals surface area contributed by atoms with E-state index in [4.69, 9.17) is 11.6 Å². The van der Waals surface area contributed by atoms with Crippen LogP contribution in [0.3, 0.4) is 0 Å². The minimum atomic E-state index is 0.202. The van der Waals surface area contributed by atoms with Crippen LogP contribution in [-0.4, -0.2) is 23.8 Å². The lowest BCUT2D eigenvalue weighted by Gasteiger charge is -2.31. The van der Waals surface area contributed by atoms with Crippen molar-refractivity contribution in [3.63, 3.8) is 0 Å². The summed E-state index contributed by atoms with van der Waals surface area (Å²) in [5, 5.41) is 0.786. The number of Topliss-reactive ketones (excluding diaryl/α,β-unsaturated/α-hetero) is 1. The zero-order valence-electron chi connectivity index (χ0n) is 10.5. The SMILES string of the molecule is CC(=O)C1CCCN(Cc2ccc(Br)cc2Cl)C1. The molecule has 0 saturated carbocycles. The van der Waals surface area contributed by atoms with Crippen molar-refractivity contribution in [3.05, 3.63) is 33.3 Å². The molecule has 0 bridgehead atoms. The summed E-state index contributed by atoms with van der Waals surface area (Å²) >= 11 is 9.63. The molecule has 0 N–H and O–H groups in total. The lowest BCUT2D eigenvalue weighted by atomic mass is 9.94. The van der Waals surface area contributed by atoms with Gasteiger partial charge in [0.15, 0.2) is 0 Å². The number of ketones is 1. The normalized spacial score (nSPS) is 20.9. The van der Waals surface area contributed by atoms with Gasteiger partial charge in [-0.1, -0.05) is 33.6 Å². The fraction of sp³-hybridized carbons (Fsp3) is 0.500. The van der Waals surface area contributed by atoms with Crippen LogP contribution in [0.1, 0.15) is 25.3 Å². The zero-order chi connectivity index (χ0) is 13.1. The molecule has 1 unspecified atom stereocenters. The van der Waals surface area contributed by atoms with Gasteiger partial charge in [0.25, 0.3) is 0 Å². The maximum atomic E-state index is 11.4. The summed E-state index contributed by atoms with van der Waals surface area (Å²) in [4.78, 5) is 13.8. The first-order chi connectivity index (χ1) is 8.56.